The Bertz CT molecular complexity index is 1290. The van der Waals surface area contributed by atoms with Crippen LogP contribution in [0.3, 0.4) is 0 Å². The summed E-state index contributed by atoms with van der Waals surface area (Å²) in [7, 11) is 0. The summed E-state index contributed by atoms with van der Waals surface area (Å²) in [6, 6.07) is 13.4. The van der Waals surface area contributed by atoms with E-state index in [0.29, 0.717) is 34.1 Å². The number of fused-ring (bicyclic) bond motifs is 2. The molecule has 0 radical (unpaired) electrons. The van der Waals surface area contributed by atoms with Crippen molar-refractivity contribution < 1.29 is 23.0 Å². The quantitative estimate of drug-likeness (QED) is 0.561. The van der Waals surface area contributed by atoms with Gasteiger partial charge in [0.05, 0.1) is 17.9 Å². The van der Waals surface area contributed by atoms with E-state index >= 15 is 0 Å². The third-order valence-corrected chi connectivity index (χ3v) is 4.69. The summed E-state index contributed by atoms with van der Waals surface area (Å²) in [5.41, 5.74) is 2.26. The molecule has 7 nitrogen and oxygen atoms in total. The minimum absolute atomic E-state index is 0.00323. The van der Waals surface area contributed by atoms with Gasteiger partial charge in [-0.1, -0.05) is 6.07 Å². The minimum atomic E-state index is -0.685. The van der Waals surface area contributed by atoms with Crippen molar-refractivity contribution in [1.29, 1.82) is 0 Å². The van der Waals surface area contributed by atoms with E-state index in [-0.39, 0.29) is 18.9 Å². The number of amides is 1. The van der Waals surface area contributed by atoms with Gasteiger partial charge in [-0.2, -0.15) is 4.39 Å². The van der Waals surface area contributed by atoms with Crippen LogP contribution in [0.5, 0.6) is 11.5 Å². The number of hydrogen-bond donors (Lipinski definition) is 1. The fraction of sp³-hybridized carbons (Fsp3) is 0.0952. The Kier molecular flexibility index (Phi) is 4.27. The lowest BCUT2D eigenvalue weighted by Crippen LogP contribution is -2.24. The van der Waals surface area contributed by atoms with Crippen molar-refractivity contribution in [3.05, 3.63) is 77.6 Å². The second-order valence-corrected chi connectivity index (χ2v) is 6.59. The summed E-state index contributed by atoms with van der Waals surface area (Å²) < 4.78 is 39.3. The molecule has 2 aromatic heterocycles. The lowest BCUT2D eigenvalue weighted by molar-refractivity contribution is 0.0950. The Labute approximate surface area is 168 Å². The van der Waals surface area contributed by atoms with E-state index < -0.39 is 17.7 Å². The minimum Gasteiger partial charge on any atom is -0.454 e. The molecule has 0 unspecified atom stereocenters. The zero-order valence-electron chi connectivity index (χ0n) is 15.4. The van der Waals surface area contributed by atoms with E-state index in [9.17, 15) is 13.6 Å². The molecule has 3 heterocycles. The van der Waals surface area contributed by atoms with Crippen LogP contribution in [-0.2, 0) is 6.54 Å². The Morgan fingerprint density at radius 3 is 2.80 bits per heavy atom. The van der Waals surface area contributed by atoms with Crippen molar-refractivity contribution in [1.82, 2.24) is 19.9 Å². The number of nitrogens with zero attached hydrogens (tertiary/aromatic N) is 3. The highest BCUT2D eigenvalue weighted by Crippen LogP contribution is 2.36. The van der Waals surface area contributed by atoms with Crippen LogP contribution in [0.1, 0.15) is 16.1 Å². The molecule has 1 aliphatic rings. The summed E-state index contributed by atoms with van der Waals surface area (Å²) in [5, 5.41) is 6.60. The van der Waals surface area contributed by atoms with Crippen molar-refractivity contribution >= 4 is 11.6 Å². The average molecular weight is 408 g/mol. The standard InChI is InChI=1S/C21H14F2N4O3/c22-14-3-1-2-13(8-14)21(28)24-10-15-20(25-19-7-6-18(23)26-27(15)19)12-4-5-16-17(9-12)30-11-29-16/h1-9H,10-11H2,(H,24,28). The normalized spacial score (nSPS) is 12.3. The molecule has 30 heavy (non-hydrogen) atoms. The Balaban J connectivity index is 1.53. The first-order valence-electron chi connectivity index (χ1n) is 9.06. The number of hydrogen-bond acceptors (Lipinski definition) is 5. The molecule has 9 heteroatoms. The van der Waals surface area contributed by atoms with Crippen molar-refractivity contribution in [3.63, 3.8) is 0 Å². The maximum absolute atomic E-state index is 13.8. The first-order valence-corrected chi connectivity index (χ1v) is 9.06. The van der Waals surface area contributed by atoms with Crippen LogP contribution in [0.25, 0.3) is 16.9 Å². The highest BCUT2D eigenvalue weighted by Gasteiger charge is 2.20. The maximum atomic E-state index is 13.8. The first-order chi connectivity index (χ1) is 14.6. The van der Waals surface area contributed by atoms with E-state index in [1.807, 2.05) is 0 Å². The highest BCUT2D eigenvalue weighted by molar-refractivity contribution is 5.94. The second-order valence-electron chi connectivity index (χ2n) is 6.59. The predicted octanol–water partition coefficient (Wildman–Crippen LogP) is 3.33. The zero-order valence-corrected chi connectivity index (χ0v) is 15.4. The molecule has 0 bridgehead atoms. The van der Waals surface area contributed by atoms with E-state index in [4.69, 9.17) is 9.47 Å². The molecule has 0 aliphatic carbocycles. The molecular weight excluding hydrogens is 394 g/mol. The van der Waals surface area contributed by atoms with Crippen LogP contribution in [0, 0.1) is 11.8 Å². The van der Waals surface area contributed by atoms with Gasteiger partial charge in [0.15, 0.2) is 17.1 Å². The van der Waals surface area contributed by atoms with Gasteiger partial charge in [-0.05, 0) is 48.5 Å². The van der Waals surface area contributed by atoms with E-state index in [1.54, 1.807) is 18.2 Å². The SMILES string of the molecule is O=C(NCc1c(-c2ccc3c(c2)OCO3)nc2ccc(F)nn12)c1cccc(F)c1. The summed E-state index contributed by atoms with van der Waals surface area (Å²) in [6.07, 6.45) is 0. The lowest BCUT2D eigenvalue weighted by Gasteiger charge is -2.08. The molecule has 0 saturated heterocycles. The molecule has 0 spiro atoms. The van der Waals surface area contributed by atoms with Gasteiger partial charge in [-0.25, -0.2) is 13.9 Å². The molecular formula is C21H14F2N4O3. The van der Waals surface area contributed by atoms with Crippen LogP contribution in [0.2, 0.25) is 0 Å². The van der Waals surface area contributed by atoms with Gasteiger partial charge in [-0.15, -0.1) is 5.10 Å². The summed E-state index contributed by atoms with van der Waals surface area (Å²) in [5.74, 6) is -0.486. The Hall–Kier alpha value is -4.01. The number of carbonyl (C=O) groups excluding carboxylic acids is 1. The fourth-order valence-corrected chi connectivity index (χ4v) is 3.29. The topological polar surface area (TPSA) is 77.8 Å². The molecule has 0 fully saturated rings. The van der Waals surface area contributed by atoms with Crippen molar-refractivity contribution in [2.45, 2.75) is 6.54 Å². The van der Waals surface area contributed by atoms with Gasteiger partial charge in [0, 0.05) is 11.1 Å². The number of rotatable bonds is 4. The average Bonchev–Trinajstić information content (AvgIpc) is 3.35. The van der Waals surface area contributed by atoms with Crippen LogP contribution in [0.4, 0.5) is 8.78 Å². The van der Waals surface area contributed by atoms with Crippen molar-refractivity contribution in [2.24, 2.45) is 0 Å². The molecule has 0 atom stereocenters. The summed E-state index contributed by atoms with van der Waals surface area (Å²) in [4.78, 5) is 17.0. The fourth-order valence-electron chi connectivity index (χ4n) is 3.29. The monoisotopic (exact) mass is 408 g/mol. The Morgan fingerprint density at radius 2 is 1.93 bits per heavy atom. The number of aromatic nitrogens is 3. The van der Waals surface area contributed by atoms with Gasteiger partial charge in [0.1, 0.15) is 5.82 Å². The number of halogens is 2. The zero-order chi connectivity index (χ0) is 20.7. The largest absolute Gasteiger partial charge is 0.454 e. The number of benzene rings is 2. The van der Waals surface area contributed by atoms with Crippen LogP contribution in [-0.4, -0.2) is 27.3 Å². The molecule has 150 valence electrons. The van der Waals surface area contributed by atoms with Gasteiger partial charge >= 0.3 is 0 Å². The maximum Gasteiger partial charge on any atom is 0.251 e. The van der Waals surface area contributed by atoms with E-state index in [1.165, 1.54) is 34.8 Å². The molecule has 0 saturated carbocycles. The number of nitrogens with one attached hydrogen (secondary N) is 1. The van der Waals surface area contributed by atoms with Gasteiger partial charge in [0.25, 0.3) is 5.91 Å². The molecule has 4 aromatic rings. The Morgan fingerprint density at radius 1 is 1.07 bits per heavy atom. The van der Waals surface area contributed by atoms with Gasteiger partial charge in [0.2, 0.25) is 12.7 Å². The molecule has 1 N–H and O–H groups in total. The predicted molar refractivity (Wildman–Crippen MR) is 102 cm³/mol. The van der Waals surface area contributed by atoms with E-state index in [0.717, 1.165) is 6.07 Å². The smallest absolute Gasteiger partial charge is 0.251 e. The number of imidazole rings is 1. The molecule has 1 amide bonds. The van der Waals surface area contributed by atoms with Crippen molar-refractivity contribution in [2.75, 3.05) is 6.79 Å². The third-order valence-electron chi connectivity index (χ3n) is 4.69. The third kappa shape index (κ3) is 3.20. The van der Waals surface area contributed by atoms with Gasteiger partial charge < -0.3 is 14.8 Å². The first kappa shape index (κ1) is 18.0. The molecule has 2 aromatic carbocycles. The lowest BCUT2D eigenvalue weighted by atomic mass is 10.1. The highest BCUT2D eigenvalue weighted by atomic mass is 19.1. The van der Waals surface area contributed by atoms with Crippen molar-refractivity contribution in [3.8, 4) is 22.8 Å². The number of carbonyl (C=O) groups is 1. The van der Waals surface area contributed by atoms with E-state index in [2.05, 4.69) is 15.4 Å². The number of ether oxygens (including phenoxy) is 2. The summed E-state index contributed by atoms with van der Waals surface area (Å²) in [6.45, 7) is 0.129. The second kappa shape index (κ2) is 7.11. The van der Waals surface area contributed by atoms with Crippen LogP contribution < -0.4 is 14.8 Å². The van der Waals surface area contributed by atoms with Gasteiger partial charge in [-0.3, -0.25) is 4.79 Å². The molecule has 1 aliphatic heterocycles. The molecule has 5 rings (SSSR count). The van der Waals surface area contributed by atoms with Crippen LogP contribution >= 0.6 is 0 Å². The van der Waals surface area contributed by atoms with Crippen LogP contribution in [0.15, 0.2) is 54.6 Å². The summed E-state index contributed by atoms with van der Waals surface area (Å²) >= 11 is 0.